The van der Waals surface area contributed by atoms with Gasteiger partial charge in [-0.1, -0.05) is 0 Å². The first-order chi connectivity index (χ1) is 10.2. The standard InChI is InChI=1S/C16H31N3O2/c1-4-17-16(18(2)3)19-10-8-14(9-11-19)21-13-15-7-5-6-12-20-15/h14-15H,4-13H2,1-3H3. The van der Waals surface area contributed by atoms with E-state index in [0.29, 0.717) is 12.2 Å². The second kappa shape index (κ2) is 8.59. The van der Waals surface area contributed by atoms with Crippen LogP contribution < -0.4 is 0 Å². The van der Waals surface area contributed by atoms with Gasteiger partial charge in [0.15, 0.2) is 5.96 Å². The molecule has 0 aromatic heterocycles. The van der Waals surface area contributed by atoms with Crippen molar-refractivity contribution in [2.45, 2.75) is 51.2 Å². The second-order valence-corrected chi connectivity index (χ2v) is 6.18. The summed E-state index contributed by atoms with van der Waals surface area (Å²) in [5.74, 6) is 1.10. The third-order valence-electron chi connectivity index (χ3n) is 4.22. The normalized spacial score (nSPS) is 25.2. The van der Waals surface area contributed by atoms with Crippen LogP contribution in [0.4, 0.5) is 0 Å². The van der Waals surface area contributed by atoms with Crippen molar-refractivity contribution in [2.75, 3.05) is 46.9 Å². The van der Waals surface area contributed by atoms with E-state index in [1.165, 1.54) is 12.8 Å². The van der Waals surface area contributed by atoms with Gasteiger partial charge >= 0.3 is 0 Å². The van der Waals surface area contributed by atoms with Crippen molar-refractivity contribution in [1.82, 2.24) is 9.80 Å². The van der Waals surface area contributed by atoms with Gasteiger partial charge in [0.25, 0.3) is 0 Å². The first kappa shape index (κ1) is 16.6. The van der Waals surface area contributed by atoms with Gasteiger partial charge in [-0.3, -0.25) is 4.99 Å². The monoisotopic (exact) mass is 297 g/mol. The molecule has 5 heteroatoms. The van der Waals surface area contributed by atoms with Gasteiger partial charge in [0.2, 0.25) is 0 Å². The number of rotatable bonds is 4. The average molecular weight is 297 g/mol. The highest BCUT2D eigenvalue weighted by atomic mass is 16.5. The number of hydrogen-bond donors (Lipinski definition) is 0. The highest BCUT2D eigenvalue weighted by Gasteiger charge is 2.24. The molecule has 0 saturated carbocycles. The van der Waals surface area contributed by atoms with Crippen LogP contribution in [-0.2, 0) is 9.47 Å². The van der Waals surface area contributed by atoms with Crippen LogP contribution >= 0.6 is 0 Å². The fourth-order valence-corrected chi connectivity index (χ4v) is 3.07. The molecule has 1 unspecified atom stereocenters. The van der Waals surface area contributed by atoms with Crippen molar-refractivity contribution in [2.24, 2.45) is 4.99 Å². The fourth-order valence-electron chi connectivity index (χ4n) is 3.07. The van der Waals surface area contributed by atoms with Crippen LogP contribution in [0.1, 0.15) is 39.0 Å². The molecular weight excluding hydrogens is 266 g/mol. The van der Waals surface area contributed by atoms with E-state index in [-0.39, 0.29) is 0 Å². The van der Waals surface area contributed by atoms with Crippen molar-refractivity contribution in [3.8, 4) is 0 Å². The number of guanidine groups is 1. The molecule has 0 spiro atoms. The Kier molecular flexibility index (Phi) is 6.77. The smallest absolute Gasteiger partial charge is 0.196 e. The molecule has 0 N–H and O–H groups in total. The topological polar surface area (TPSA) is 37.3 Å². The van der Waals surface area contributed by atoms with E-state index < -0.39 is 0 Å². The predicted octanol–water partition coefficient (Wildman–Crippen LogP) is 1.97. The quantitative estimate of drug-likeness (QED) is 0.587. The molecule has 2 aliphatic heterocycles. The number of ether oxygens (including phenoxy) is 2. The van der Waals surface area contributed by atoms with Gasteiger partial charge in [0.1, 0.15) is 0 Å². The molecule has 122 valence electrons. The van der Waals surface area contributed by atoms with Crippen LogP contribution in [0.3, 0.4) is 0 Å². The Morgan fingerprint density at radius 1 is 1.24 bits per heavy atom. The summed E-state index contributed by atoms with van der Waals surface area (Å²) < 4.78 is 11.8. The summed E-state index contributed by atoms with van der Waals surface area (Å²) in [5, 5.41) is 0. The zero-order valence-corrected chi connectivity index (χ0v) is 13.9. The van der Waals surface area contributed by atoms with E-state index in [1.807, 2.05) is 0 Å². The Morgan fingerprint density at radius 3 is 2.57 bits per heavy atom. The molecule has 1 atom stereocenters. The van der Waals surface area contributed by atoms with Crippen molar-refractivity contribution in [3.05, 3.63) is 0 Å². The van der Waals surface area contributed by atoms with Gasteiger partial charge in [-0.25, -0.2) is 0 Å². The molecule has 0 bridgehead atoms. The van der Waals surface area contributed by atoms with E-state index in [0.717, 1.165) is 58.1 Å². The number of aliphatic imine (C=N–C) groups is 1. The number of likely N-dealkylation sites (tertiary alicyclic amines) is 1. The van der Waals surface area contributed by atoms with E-state index in [9.17, 15) is 0 Å². The van der Waals surface area contributed by atoms with Crippen molar-refractivity contribution >= 4 is 5.96 Å². The molecular formula is C16H31N3O2. The van der Waals surface area contributed by atoms with Crippen molar-refractivity contribution < 1.29 is 9.47 Å². The Bertz CT molecular complexity index is 319. The summed E-state index contributed by atoms with van der Waals surface area (Å²) in [6.45, 7) is 6.67. The van der Waals surface area contributed by atoms with Gasteiger partial charge < -0.3 is 19.3 Å². The summed E-state index contributed by atoms with van der Waals surface area (Å²) in [6, 6.07) is 0. The lowest BCUT2D eigenvalue weighted by atomic mass is 10.1. The van der Waals surface area contributed by atoms with E-state index >= 15 is 0 Å². The van der Waals surface area contributed by atoms with Crippen LogP contribution in [-0.4, -0.2) is 74.9 Å². The molecule has 2 saturated heterocycles. The molecule has 0 aromatic carbocycles. The first-order valence-electron chi connectivity index (χ1n) is 8.40. The molecule has 2 rings (SSSR count). The third kappa shape index (κ3) is 5.15. The minimum Gasteiger partial charge on any atom is -0.376 e. The predicted molar refractivity (Wildman–Crippen MR) is 85.8 cm³/mol. The van der Waals surface area contributed by atoms with Crippen LogP contribution in [0.15, 0.2) is 4.99 Å². The lowest BCUT2D eigenvalue weighted by molar-refractivity contribution is -0.0723. The van der Waals surface area contributed by atoms with E-state index in [4.69, 9.17) is 9.47 Å². The number of hydrogen-bond acceptors (Lipinski definition) is 3. The molecule has 5 nitrogen and oxygen atoms in total. The Hall–Kier alpha value is -0.810. The largest absolute Gasteiger partial charge is 0.376 e. The maximum atomic E-state index is 6.07. The molecule has 2 fully saturated rings. The summed E-state index contributed by atoms with van der Waals surface area (Å²) in [6.07, 6.45) is 6.54. The summed E-state index contributed by atoms with van der Waals surface area (Å²) in [5.41, 5.74) is 0. The highest BCUT2D eigenvalue weighted by Crippen LogP contribution is 2.18. The van der Waals surface area contributed by atoms with Crippen LogP contribution in [0.25, 0.3) is 0 Å². The van der Waals surface area contributed by atoms with Crippen LogP contribution in [0, 0.1) is 0 Å². The van der Waals surface area contributed by atoms with Gasteiger partial charge in [-0.2, -0.15) is 0 Å². The molecule has 0 aromatic rings. The van der Waals surface area contributed by atoms with Gasteiger partial charge in [0.05, 0.1) is 18.8 Å². The maximum Gasteiger partial charge on any atom is 0.196 e. The molecule has 0 amide bonds. The molecule has 2 aliphatic rings. The van der Waals surface area contributed by atoms with Gasteiger partial charge in [-0.05, 0) is 39.0 Å². The Balaban J connectivity index is 1.71. The Morgan fingerprint density at radius 2 is 2.00 bits per heavy atom. The first-order valence-corrected chi connectivity index (χ1v) is 8.40. The number of piperidine rings is 1. The maximum absolute atomic E-state index is 6.07. The highest BCUT2D eigenvalue weighted by molar-refractivity contribution is 5.79. The lowest BCUT2D eigenvalue weighted by Gasteiger charge is -2.36. The minimum atomic E-state index is 0.329. The van der Waals surface area contributed by atoms with E-state index in [2.05, 4.69) is 35.8 Å². The average Bonchev–Trinajstić information content (AvgIpc) is 2.52. The minimum absolute atomic E-state index is 0.329. The lowest BCUT2D eigenvalue weighted by Crippen LogP contribution is -2.46. The molecule has 0 radical (unpaired) electrons. The van der Waals surface area contributed by atoms with Crippen molar-refractivity contribution in [3.63, 3.8) is 0 Å². The molecule has 21 heavy (non-hydrogen) atoms. The zero-order chi connectivity index (χ0) is 15.1. The molecule has 0 aliphatic carbocycles. The second-order valence-electron chi connectivity index (χ2n) is 6.18. The van der Waals surface area contributed by atoms with Crippen LogP contribution in [0.5, 0.6) is 0 Å². The van der Waals surface area contributed by atoms with E-state index in [1.54, 1.807) is 0 Å². The zero-order valence-electron chi connectivity index (χ0n) is 13.9. The van der Waals surface area contributed by atoms with Gasteiger partial charge in [-0.15, -0.1) is 0 Å². The fraction of sp³-hybridized carbons (Fsp3) is 0.938. The van der Waals surface area contributed by atoms with Crippen molar-refractivity contribution in [1.29, 1.82) is 0 Å². The SMILES string of the molecule is CCN=C(N(C)C)N1CCC(OCC2CCCCO2)CC1. The molecule has 2 heterocycles. The Labute approximate surface area is 129 Å². The third-order valence-corrected chi connectivity index (χ3v) is 4.22. The summed E-state index contributed by atoms with van der Waals surface area (Å²) in [7, 11) is 4.13. The van der Waals surface area contributed by atoms with Gasteiger partial charge in [0, 0.05) is 40.3 Å². The number of nitrogens with zero attached hydrogens (tertiary/aromatic N) is 3. The summed E-state index contributed by atoms with van der Waals surface area (Å²) in [4.78, 5) is 9.09. The summed E-state index contributed by atoms with van der Waals surface area (Å²) >= 11 is 0. The van der Waals surface area contributed by atoms with Crippen LogP contribution in [0.2, 0.25) is 0 Å².